The molecule has 104 valence electrons. The van der Waals surface area contributed by atoms with Gasteiger partial charge in [-0.25, -0.2) is 4.39 Å². The first-order chi connectivity index (χ1) is 9.04. The summed E-state index contributed by atoms with van der Waals surface area (Å²) in [6, 6.07) is 4.86. The Morgan fingerprint density at radius 1 is 1.26 bits per heavy atom. The standard InChI is InChI=1S/C14H19FN2O2/c1-11-2-3-13(15)8-12(11)9-16-4-6-17(7-5-16)10-14(18)19/h2-3,8H,4-7,9-10H2,1H3,(H,18,19). The molecule has 0 aliphatic carbocycles. The largest absolute Gasteiger partial charge is 0.480 e. The van der Waals surface area contributed by atoms with Gasteiger partial charge in [-0.1, -0.05) is 6.07 Å². The molecule has 1 aromatic carbocycles. The summed E-state index contributed by atoms with van der Waals surface area (Å²) in [7, 11) is 0. The zero-order valence-corrected chi connectivity index (χ0v) is 11.1. The highest BCUT2D eigenvalue weighted by Gasteiger charge is 2.19. The summed E-state index contributed by atoms with van der Waals surface area (Å²) >= 11 is 0. The van der Waals surface area contributed by atoms with Crippen molar-refractivity contribution in [1.29, 1.82) is 0 Å². The maximum absolute atomic E-state index is 13.2. The van der Waals surface area contributed by atoms with Gasteiger partial charge in [0.25, 0.3) is 0 Å². The second-order valence-corrected chi connectivity index (χ2v) is 5.02. The van der Waals surface area contributed by atoms with E-state index >= 15 is 0 Å². The minimum Gasteiger partial charge on any atom is -0.480 e. The van der Waals surface area contributed by atoms with E-state index in [0.29, 0.717) is 0 Å². The highest BCUT2D eigenvalue weighted by molar-refractivity contribution is 5.69. The molecule has 1 saturated heterocycles. The van der Waals surface area contributed by atoms with Gasteiger partial charge in [0.1, 0.15) is 5.82 Å². The Labute approximate surface area is 112 Å². The summed E-state index contributed by atoms with van der Waals surface area (Å²) in [5.74, 6) is -0.987. The van der Waals surface area contributed by atoms with Crippen molar-refractivity contribution in [1.82, 2.24) is 9.80 Å². The number of piperazine rings is 1. The fourth-order valence-corrected chi connectivity index (χ4v) is 2.35. The number of aryl methyl sites for hydroxylation is 1. The van der Waals surface area contributed by atoms with Gasteiger partial charge in [-0.3, -0.25) is 14.6 Å². The quantitative estimate of drug-likeness (QED) is 0.893. The first-order valence-electron chi connectivity index (χ1n) is 6.46. The summed E-state index contributed by atoms with van der Waals surface area (Å²) in [6.07, 6.45) is 0. The van der Waals surface area contributed by atoms with Crippen LogP contribution in [0.1, 0.15) is 11.1 Å². The Bertz CT molecular complexity index is 457. The topological polar surface area (TPSA) is 43.8 Å². The lowest BCUT2D eigenvalue weighted by molar-refractivity contribution is -0.138. The Hall–Kier alpha value is -1.46. The van der Waals surface area contributed by atoms with E-state index in [1.54, 1.807) is 12.1 Å². The summed E-state index contributed by atoms with van der Waals surface area (Å²) in [4.78, 5) is 14.8. The Balaban J connectivity index is 1.88. The van der Waals surface area contributed by atoms with E-state index in [2.05, 4.69) is 4.90 Å². The number of carbonyl (C=O) groups is 1. The molecule has 0 bridgehead atoms. The minimum absolute atomic E-state index is 0.104. The predicted molar refractivity (Wildman–Crippen MR) is 70.5 cm³/mol. The van der Waals surface area contributed by atoms with E-state index in [4.69, 9.17) is 5.11 Å². The Morgan fingerprint density at radius 3 is 2.53 bits per heavy atom. The second-order valence-electron chi connectivity index (χ2n) is 5.02. The van der Waals surface area contributed by atoms with Crippen LogP contribution < -0.4 is 0 Å². The molecule has 0 atom stereocenters. The summed E-state index contributed by atoms with van der Waals surface area (Å²) in [5, 5.41) is 8.74. The van der Waals surface area contributed by atoms with Crippen LogP contribution in [0, 0.1) is 12.7 Å². The second kappa shape index (κ2) is 6.12. The molecule has 1 N–H and O–H groups in total. The molecule has 4 nitrogen and oxygen atoms in total. The molecule has 1 heterocycles. The lowest BCUT2D eigenvalue weighted by Crippen LogP contribution is -2.47. The first-order valence-corrected chi connectivity index (χ1v) is 6.46. The average Bonchev–Trinajstić information content (AvgIpc) is 2.35. The number of benzene rings is 1. The normalized spacial score (nSPS) is 17.6. The van der Waals surface area contributed by atoms with Crippen LogP contribution >= 0.6 is 0 Å². The van der Waals surface area contributed by atoms with Gasteiger partial charge >= 0.3 is 5.97 Å². The minimum atomic E-state index is -0.783. The average molecular weight is 266 g/mol. The molecule has 0 amide bonds. The van der Waals surface area contributed by atoms with Crippen LogP contribution in [0.3, 0.4) is 0 Å². The zero-order chi connectivity index (χ0) is 13.8. The van der Waals surface area contributed by atoms with Gasteiger partial charge in [0.05, 0.1) is 6.54 Å². The fraction of sp³-hybridized carbons (Fsp3) is 0.500. The molecular weight excluding hydrogens is 247 g/mol. The van der Waals surface area contributed by atoms with Gasteiger partial charge in [-0.05, 0) is 30.2 Å². The number of halogens is 1. The molecule has 19 heavy (non-hydrogen) atoms. The van der Waals surface area contributed by atoms with Crippen LogP contribution in [0.2, 0.25) is 0 Å². The van der Waals surface area contributed by atoms with E-state index < -0.39 is 5.97 Å². The number of hydrogen-bond donors (Lipinski definition) is 1. The van der Waals surface area contributed by atoms with Gasteiger partial charge in [-0.15, -0.1) is 0 Å². The van der Waals surface area contributed by atoms with E-state index in [9.17, 15) is 9.18 Å². The van der Waals surface area contributed by atoms with Crippen LogP contribution in [0.4, 0.5) is 4.39 Å². The van der Waals surface area contributed by atoms with Crippen molar-refractivity contribution in [2.45, 2.75) is 13.5 Å². The van der Waals surface area contributed by atoms with Gasteiger partial charge < -0.3 is 5.11 Å². The number of aliphatic carboxylic acids is 1. The molecule has 1 aromatic rings. The predicted octanol–water partition coefficient (Wildman–Crippen LogP) is 1.34. The summed E-state index contributed by atoms with van der Waals surface area (Å²) < 4.78 is 13.2. The van der Waals surface area contributed by atoms with E-state index in [1.807, 2.05) is 11.8 Å². The molecule has 0 saturated carbocycles. The fourth-order valence-electron chi connectivity index (χ4n) is 2.35. The molecule has 0 aromatic heterocycles. The molecule has 2 rings (SSSR count). The molecule has 1 fully saturated rings. The molecule has 0 radical (unpaired) electrons. The van der Waals surface area contributed by atoms with Gasteiger partial charge in [-0.2, -0.15) is 0 Å². The van der Waals surface area contributed by atoms with E-state index in [0.717, 1.165) is 43.9 Å². The Morgan fingerprint density at radius 2 is 1.89 bits per heavy atom. The zero-order valence-electron chi connectivity index (χ0n) is 11.1. The third kappa shape index (κ3) is 4.01. The van der Waals surface area contributed by atoms with Crippen LogP contribution in [0.15, 0.2) is 18.2 Å². The third-order valence-corrected chi connectivity index (χ3v) is 3.53. The van der Waals surface area contributed by atoms with Crippen molar-refractivity contribution in [2.75, 3.05) is 32.7 Å². The highest BCUT2D eigenvalue weighted by Crippen LogP contribution is 2.14. The third-order valence-electron chi connectivity index (χ3n) is 3.53. The van der Waals surface area contributed by atoms with Crippen molar-refractivity contribution in [3.8, 4) is 0 Å². The lowest BCUT2D eigenvalue weighted by Gasteiger charge is -2.34. The highest BCUT2D eigenvalue weighted by atomic mass is 19.1. The van der Waals surface area contributed by atoms with Crippen molar-refractivity contribution < 1.29 is 14.3 Å². The van der Waals surface area contributed by atoms with Crippen molar-refractivity contribution >= 4 is 5.97 Å². The monoisotopic (exact) mass is 266 g/mol. The summed E-state index contributed by atoms with van der Waals surface area (Å²) in [6.45, 7) is 5.96. The van der Waals surface area contributed by atoms with Gasteiger partial charge in [0, 0.05) is 32.7 Å². The lowest BCUT2D eigenvalue weighted by atomic mass is 10.1. The van der Waals surface area contributed by atoms with Crippen LogP contribution in [0.25, 0.3) is 0 Å². The van der Waals surface area contributed by atoms with Crippen molar-refractivity contribution in [2.24, 2.45) is 0 Å². The number of hydrogen-bond acceptors (Lipinski definition) is 3. The smallest absolute Gasteiger partial charge is 0.317 e. The van der Waals surface area contributed by atoms with Crippen LogP contribution in [-0.4, -0.2) is 53.6 Å². The van der Waals surface area contributed by atoms with Gasteiger partial charge in [0.2, 0.25) is 0 Å². The molecule has 0 spiro atoms. The van der Waals surface area contributed by atoms with Crippen LogP contribution in [-0.2, 0) is 11.3 Å². The number of carboxylic acids is 1. The summed E-state index contributed by atoms with van der Waals surface area (Å²) in [5.41, 5.74) is 2.10. The molecule has 1 aliphatic rings. The number of carboxylic acid groups (broad SMARTS) is 1. The Kier molecular flexibility index (Phi) is 4.50. The SMILES string of the molecule is Cc1ccc(F)cc1CN1CCN(CC(=O)O)CC1. The molecular formula is C14H19FN2O2. The van der Waals surface area contributed by atoms with E-state index in [1.165, 1.54) is 6.07 Å². The van der Waals surface area contributed by atoms with E-state index in [-0.39, 0.29) is 12.4 Å². The molecule has 0 unspecified atom stereocenters. The number of rotatable bonds is 4. The number of nitrogens with zero attached hydrogens (tertiary/aromatic N) is 2. The molecule has 1 aliphatic heterocycles. The van der Waals surface area contributed by atoms with Crippen molar-refractivity contribution in [3.63, 3.8) is 0 Å². The maximum Gasteiger partial charge on any atom is 0.317 e. The first kappa shape index (κ1) is 14.0. The van der Waals surface area contributed by atoms with Gasteiger partial charge in [0.15, 0.2) is 0 Å². The maximum atomic E-state index is 13.2. The molecule has 5 heteroatoms. The van der Waals surface area contributed by atoms with Crippen LogP contribution in [0.5, 0.6) is 0 Å². The van der Waals surface area contributed by atoms with Crippen molar-refractivity contribution in [3.05, 3.63) is 35.1 Å².